The monoisotopic (exact) mass is 727 g/mol. The van der Waals surface area contributed by atoms with E-state index in [4.69, 9.17) is 14.6 Å². The number of rotatable bonds is 10. The van der Waals surface area contributed by atoms with Crippen molar-refractivity contribution in [1.82, 2.24) is 9.88 Å². The summed E-state index contributed by atoms with van der Waals surface area (Å²) in [4.78, 5) is 68.9. The number of likely N-dealkylation sites (tertiary alicyclic amines) is 1. The number of aromatic nitrogens is 1. The number of aromatic amines is 1. The zero-order valence-corrected chi connectivity index (χ0v) is 27.8. The molecule has 2 aliphatic carbocycles. The van der Waals surface area contributed by atoms with Gasteiger partial charge in [-0.25, -0.2) is 0 Å². The van der Waals surface area contributed by atoms with Gasteiger partial charge < -0.3 is 24.9 Å². The van der Waals surface area contributed by atoms with Crippen LogP contribution < -0.4 is 19.7 Å². The number of nitrogens with zero attached hydrogens (tertiary/aromatic N) is 1. The van der Waals surface area contributed by atoms with E-state index in [1.54, 1.807) is 49.2 Å². The van der Waals surface area contributed by atoms with Crippen molar-refractivity contribution in [3.8, 4) is 11.5 Å². The fourth-order valence-corrected chi connectivity index (χ4v) is 11.2. The van der Waals surface area contributed by atoms with Gasteiger partial charge in [0.2, 0.25) is 11.8 Å². The highest BCUT2D eigenvalue weighted by molar-refractivity contribution is 9.10. The van der Waals surface area contributed by atoms with Gasteiger partial charge in [-0.1, -0.05) is 27.3 Å². The van der Waals surface area contributed by atoms with Crippen LogP contribution in [0.2, 0.25) is 0 Å². The number of benzene rings is 2. The van der Waals surface area contributed by atoms with Crippen molar-refractivity contribution in [2.45, 2.75) is 35.5 Å². The van der Waals surface area contributed by atoms with E-state index in [0.717, 1.165) is 37.7 Å². The van der Waals surface area contributed by atoms with Crippen LogP contribution in [0.4, 0.5) is 5.69 Å². The summed E-state index contributed by atoms with van der Waals surface area (Å²) >= 11 is 6.33. The Morgan fingerprint density at radius 1 is 1.09 bits per heavy atom. The number of anilines is 1. The lowest BCUT2D eigenvalue weighted by atomic mass is 9.68. The first-order valence-electron chi connectivity index (χ1n) is 15.0. The minimum atomic E-state index is -0.963. The summed E-state index contributed by atoms with van der Waals surface area (Å²) in [6.45, 7) is -0.146. The number of carboxylic acids is 1. The van der Waals surface area contributed by atoms with Crippen LogP contribution in [0.1, 0.15) is 35.6 Å². The number of nitrogens with one attached hydrogen (secondary N) is 2. The van der Waals surface area contributed by atoms with Crippen LogP contribution in [0.3, 0.4) is 0 Å². The number of halogens is 1. The second-order valence-corrected chi connectivity index (χ2v) is 15.2. The number of carbonyl (C=O) groups excluding carboxylic acids is 3. The molecule has 7 rings (SSSR count). The second kappa shape index (κ2) is 12.2. The quantitative estimate of drug-likeness (QED) is 0.255. The molecule has 46 heavy (non-hydrogen) atoms. The van der Waals surface area contributed by atoms with E-state index in [1.807, 2.05) is 12.1 Å². The molecule has 7 atom stereocenters. The molecule has 1 aromatic heterocycles. The van der Waals surface area contributed by atoms with Crippen molar-refractivity contribution in [2.24, 2.45) is 29.6 Å². The summed E-state index contributed by atoms with van der Waals surface area (Å²) in [6.07, 6.45) is 0.830. The van der Waals surface area contributed by atoms with E-state index < -0.39 is 17.8 Å². The van der Waals surface area contributed by atoms with E-state index >= 15 is 0 Å². The number of ether oxygens (including phenoxy) is 2. The number of thiazole rings is 1. The predicted octanol–water partition coefficient (Wildman–Crippen LogP) is 4.56. The third-order valence-electron chi connectivity index (χ3n) is 9.63. The summed E-state index contributed by atoms with van der Waals surface area (Å²) in [7, 11) is 1.57. The summed E-state index contributed by atoms with van der Waals surface area (Å²) in [5.74, 6) is -2.00. The first-order valence-corrected chi connectivity index (χ1v) is 17.5. The molecule has 3 aromatic rings. The van der Waals surface area contributed by atoms with E-state index in [0.29, 0.717) is 17.2 Å². The summed E-state index contributed by atoms with van der Waals surface area (Å²) in [5.41, 5.74) is 1.40. The first-order chi connectivity index (χ1) is 22.1. The Kier molecular flexibility index (Phi) is 8.22. The van der Waals surface area contributed by atoms with Gasteiger partial charge in [0.15, 0.2) is 6.61 Å². The number of hydrogen-bond donors (Lipinski definition) is 3. The molecule has 2 saturated carbocycles. The van der Waals surface area contributed by atoms with E-state index in [1.165, 1.54) is 4.90 Å². The third kappa shape index (κ3) is 5.33. The maximum Gasteiger partial charge on any atom is 0.305 e. The number of methoxy groups -OCH3 is 1. The van der Waals surface area contributed by atoms with E-state index in [-0.39, 0.29) is 77.5 Å². The summed E-state index contributed by atoms with van der Waals surface area (Å²) in [6, 6.07) is 12.6. The van der Waals surface area contributed by atoms with Gasteiger partial charge in [0.25, 0.3) is 5.91 Å². The van der Waals surface area contributed by atoms with E-state index in [2.05, 4.69) is 26.2 Å². The van der Waals surface area contributed by atoms with Gasteiger partial charge in [-0.15, -0.1) is 11.8 Å². The molecule has 1 saturated heterocycles. The van der Waals surface area contributed by atoms with Gasteiger partial charge in [0.1, 0.15) is 11.5 Å². The smallest absolute Gasteiger partial charge is 0.305 e. The van der Waals surface area contributed by atoms with Crippen LogP contribution in [0.5, 0.6) is 11.5 Å². The maximum atomic E-state index is 13.7. The number of hydrogen-bond acceptors (Lipinski definition) is 9. The number of amides is 3. The zero-order valence-electron chi connectivity index (χ0n) is 24.6. The molecule has 2 aliphatic heterocycles. The van der Waals surface area contributed by atoms with Gasteiger partial charge in [-0.05, 0) is 73.1 Å². The summed E-state index contributed by atoms with van der Waals surface area (Å²) < 4.78 is 12.1. The average molecular weight is 729 g/mol. The Bertz CT molecular complexity index is 1790. The Hall–Kier alpha value is -3.62. The second-order valence-electron chi connectivity index (χ2n) is 12.0. The van der Waals surface area contributed by atoms with Crippen LogP contribution in [0.25, 0.3) is 0 Å². The van der Waals surface area contributed by atoms with Crippen molar-refractivity contribution in [2.75, 3.05) is 25.6 Å². The molecule has 3 heterocycles. The lowest BCUT2D eigenvalue weighted by molar-refractivity contribution is -0.142. The lowest BCUT2D eigenvalue weighted by Gasteiger charge is -2.43. The molecule has 240 valence electrons. The topological polar surface area (TPSA) is 155 Å². The molecule has 14 heteroatoms. The Morgan fingerprint density at radius 3 is 2.54 bits per heavy atom. The number of imide groups is 1. The van der Waals surface area contributed by atoms with E-state index in [9.17, 15) is 24.0 Å². The number of fused-ring (bicyclic) bond motifs is 9. The third-order valence-corrected chi connectivity index (χ3v) is 12.7. The fourth-order valence-electron chi connectivity index (χ4n) is 7.94. The molecule has 2 bridgehead atoms. The molecule has 6 unspecified atom stereocenters. The molecule has 2 aromatic carbocycles. The zero-order chi connectivity index (χ0) is 32.3. The van der Waals surface area contributed by atoms with Gasteiger partial charge in [0, 0.05) is 44.7 Å². The molecule has 0 radical (unpaired) electrons. The minimum absolute atomic E-state index is 0.0186. The molecule has 4 aliphatic rings. The number of H-pyrrole nitrogens is 1. The highest BCUT2D eigenvalue weighted by atomic mass is 79.9. The molecular weight excluding hydrogens is 698 g/mol. The SMILES string of the molecule is COc1ccc(NC(=O)COc2ccc(Br)cc2[C@H]2c3sc(=O)[nH]c3SC3C4CC(C5C(=O)N(CCCC(=O)O)C(=O)C45)C32)cc1. The highest BCUT2D eigenvalue weighted by Gasteiger charge is 2.69. The molecule has 0 spiro atoms. The first kappa shape index (κ1) is 31.0. The number of carboxylic acid groups (broad SMARTS) is 1. The number of aliphatic carboxylic acids is 1. The van der Waals surface area contributed by atoms with Crippen molar-refractivity contribution >= 4 is 68.4 Å². The Morgan fingerprint density at radius 2 is 1.83 bits per heavy atom. The van der Waals surface area contributed by atoms with Crippen molar-refractivity contribution in [3.05, 3.63) is 67.0 Å². The molecular formula is C32H30BrN3O8S2. The van der Waals surface area contributed by atoms with Crippen molar-refractivity contribution < 1.29 is 33.8 Å². The van der Waals surface area contributed by atoms with Crippen LogP contribution >= 0.6 is 39.0 Å². The van der Waals surface area contributed by atoms with Gasteiger partial charge in [-0.2, -0.15) is 0 Å². The molecule has 3 fully saturated rings. The van der Waals surface area contributed by atoms with Gasteiger partial charge in [0.05, 0.1) is 24.0 Å². The molecule has 11 nitrogen and oxygen atoms in total. The predicted molar refractivity (Wildman–Crippen MR) is 173 cm³/mol. The fraction of sp³-hybridized carbons (Fsp3) is 0.406. The normalized spacial score (nSPS) is 27.3. The minimum Gasteiger partial charge on any atom is -0.497 e. The largest absolute Gasteiger partial charge is 0.497 e. The van der Waals surface area contributed by atoms with Gasteiger partial charge in [-0.3, -0.25) is 28.9 Å². The average Bonchev–Trinajstić information content (AvgIpc) is 3.76. The Labute approximate surface area is 280 Å². The van der Waals surface area contributed by atoms with Crippen molar-refractivity contribution in [1.29, 1.82) is 0 Å². The highest BCUT2D eigenvalue weighted by Crippen LogP contribution is 2.69. The van der Waals surface area contributed by atoms with Crippen LogP contribution in [0, 0.1) is 29.6 Å². The Balaban J connectivity index is 1.18. The number of carbonyl (C=O) groups is 4. The maximum absolute atomic E-state index is 13.7. The van der Waals surface area contributed by atoms with Crippen LogP contribution in [-0.4, -0.2) is 64.2 Å². The molecule has 3 amide bonds. The van der Waals surface area contributed by atoms with Crippen LogP contribution in [-0.2, 0) is 19.2 Å². The molecule has 3 N–H and O–H groups in total. The van der Waals surface area contributed by atoms with Gasteiger partial charge >= 0.3 is 10.8 Å². The van der Waals surface area contributed by atoms with Crippen molar-refractivity contribution in [3.63, 3.8) is 0 Å². The van der Waals surface area contributed by atoms with Crippen LogP contribution in [0.15, 0.2) is 56.8 Å². The standard InChI is InChI=1S/C32H30BrN3O8S2/c1-43-16-7-5-15(6-8-16)34-21(37)13-44-20-9-4-14(33)11-17(20)23-24-18-12-19(27(24)45-29-28(23)46-32(42)35-29)26-25(18)30(40)36(31(26)41)10-2-3-22(38)39/h4-9,11,18-19,23-27H,2-3,10,12-13H2,1H3,(H,34,37)(H,35,42)(H,38,39)/t18?,19?,23-,24?,25?,26?,27?/m1/s1. The number of thioether (sulfide) groups is 1. The summed E-state index contributed by atoms with van der Waals surface area (Å²) in [5, 5.41) is 12.7. The lowest BCUT2D eigenvalue weighted by Crippen LogP contribution is -2.42.